The first-order valence-electron chi connectivity index (χ1n) is 7.40. The topological polar surface area (TPSA) is 25.8 Å². The number of hydrogen-bond acceptors (Lipinski definition) is 2. The number of fused-ring (bicyclic) bond motifs is 1. The van der Waals surface area contributed by atoms with Gasteiger partial charge in [-0.3, -0.25) is 0 Å². The van der Waals surface area contributed by atoms with Gasteiger partial charge in [0, 0.05) is 17.2 Å². The largest absolute Gasteiger partial charge is 0.237 e. The van der Waals surface area contributed by atoms with Crippen LogP contribution < -0.4 is 0 Å². The summed E-state index contributed by atoms with van der Waals surface area (Å²) in [6.07, 6.45) is 12.6. The van der Waals surface area contributed by atoms with Crippen molar-refractivity contribution in [1.82, 2.24) is 9.97 Å². The molecule has 0 unspecified atom stereocenters. The van der Waals surface area contributed by atoms with Crippen molar-refractivity contribution >= 4 is 11.6 Å². The van der Waals surface area contributed by atoms with Gasteiger partial charge in [-0.15, -0.1) is 0 Å². The minimum atomic E-state index is 0.550. The summed E-state index contributed by atoms with van der Waals surface area (Å²) in [6.45, 7) is 0. The fourth-order valence-electron chi connectivity index (χ4n) is 3.30. The molecular weight excluding hydrogens is 244 g/mol. The Hall–Kier alpha value is -0.630. The third kappa shape index (κ3) is 2.54. The highest BCUT2D eigenvalue weighted by atomic mass is 35.5. The molecule has 98 valence electrons. The van der Waals surface area contributed by atoms with Crippen LogP contribution in [0.15, 0.2) is 0 Å². The first-order valence-corrected chi connectivity index (χ1v) is 7.77. The van der Waals surface area contributed by atoms with Gasteiger partial charge in [0.2, 0.25) is 0 Å². The van der Waals surface area contributed by atoms with Crippen molar-refractivity contribution in [3.63, 3.8) is 0 Å². The lowest BCUT2D eigenvalue weighted by Crippen LogP contribution is -2.09. The van der Waals surface area contributed by atoms with Crippen molar-refractivity contribution in [2.24, 2.45) is 0 Å². The molecular formula is C15H21ClN2. The van der Waals surface area contributed by atoms with E-state index in [4.69, 9.17) is 16.6 Å². The highest BCUT2D eigenvalue weighted by molar-refractivity contribution is 6.30. The van der Waals surface area contributed by atoms with Crippen LogP contribution in [0.3, 0.4) is 0 Å². The molecule has 0 amide bonds. The Bertz CT molecular complexity index is 423. The van der Waals surface area contributed by atoms with Crippen molar-refractivity contribution in [1.29, 1.82) is 0 Å². The molecule has 1 heterocycles. The molecule has 2 aliphatic rings. The fourth-order valence-corrected chi connectivity index (χ4v) is 3.59. The summed E-state index contributed by atoms with van der Waals surface area (Å²) in [5.74, 6) is 1.58. The number of aryl methyl sites for hydroxylation is 1. The summed E-state index contributed by atoms with van der Waals surface area (Å²) >= 11 is 6.32. The summed E-state index contributed by atoms with van der Waals surface area (Å²) < 4.78 is 0. The van der Waals surface area contributed by atoms with Gasteiger partial charge in [-0.2, -0.15) is 0 Å². The van der Waals surface area contributed by atoms with E-state index in [0.29, 0.717) is 5.92 Å². The molecule has 1 saturated carbocycles. The maximum absolute atomic E-state index is 6.32. The van der Waals surface area contributed by atoms with Gasteiger partial charge in [0.15, 0.2) is 0 Å². The van der Waals surface area contributed by atoms with Crippen LogP contribution in [-0.2, 0) is 12.8 Å². The Morgan fingerprint density at radius 3 is 2.33 bits per heavy atom. The van der Waals surface area contributed by atoms with Gasteiger partial charge in [0.05, 0.1) is 0 Å². The Morgan fingerprint density at radius 2 is 1.56 bits per heavy atom. The van der Waals surface area contributed by atoms with Crippen LogP contribution >= 0.6 is 11.6 Å². The third-order valence-electron chi connectivity index (χ3n) is 4.37. The molecule has 0 aliphatic heterocycles. The predicted molar refractivity (Wildman–Crippen MR) is 74.1 cm³/mol. The molecule has 1 fully saturated rings. The van der Waals surface area contributed by atoms with Crippen molar-refractivity contribution in [2.45, 2.75) is 70.1 Å². The lowest BCUT2D eigenvalue weighted by Gasteiger charge is -2.19. The summed E-state index contributed by atoms with van der Waals surface area (Å²) in [7, 11) is 0. The second kappa shape index (κ2) is 5.56. The molecule has 0 bridgehead atoms. The van der Waals surface area contributed by atoms with E-state index in [9.17, 15) is 0 Å². The normalized spacial score (nSPS) is 21.4. The van der Waals surface area contributed by atoms with E-state index >= 15 is 0 Å². The molecule has 0 spiro atoms. The van der Waals surface area contributed by atoms with E-state index in [-0.39, 0.29) is 0 Å². The molecule has 0 N–H and O–H groups in total. The van der Waals surface area contributed by atoms with Crippen LogP contribution in [-0.4, -0.2) is 9.97 Å². The average Bonchev–Trinajstić information content (AvgIpc) is 2.77. The highest BCUT2D eigenvalue weighted by Gasteiger charge is 2.22. The number of aromatic nitrogens is 2. The molecule has 18 heavy (non-hydrogen) atoms. The molecule has 2 nitrogen and oxygen atoms in total. The van der Waals surface area contributed by atoms with Crippen LogP contribution in [0, 0.1) is 0 Å². The summed E-state index contributed by atoms with van der Waals surface area (Å²) in [5, 5.41) is 0.731. The average molecular weight is 265 g/mol. The molecule has 2 aliphatic carbocycles. The van der Waals surface area contributed by atoms with E-state index < -0.39 is 0 Å². The standard InChI is InChI=1S/C15H21ClN2/c16-14-12-9-6-10-13(12)17-15(18-14)11-7-4-2-1-3-5-8-11/h11H,1-10H2. The Kier molecular flexibility index (Phi) is 3.83. The maximum atomic E-state index is 6.32. The van der Waals surface area contributed by atoms with Crippen LogP contribution in [0.1, 0.15) is 74.4 Å². The van der Waals surface area contributed by atoms with Crippen molar-refractivity contribution in [2.75, 3.05) is 0 Å². The van der Waals surface area contributed by atoms with Crippen LogP contribution in [0.2, 0.25) is 5.15 Å². The number of nitrogens with zero attached hydrogens (tertiary/aromatic N) is 2. The van der Waals surface area contributed by atoms with Gasteiger partial charge in [-0.25, -0.2) is 9.97 Å². The van der Waals surface area contributed by atoms with E-state index in [1.54, 1.807) is 0 Å². The third-order valence-corrected chi connectivity index (χ3v) is 4.68. The SMILES string of the molecule is Clc1nc(C2CCCCCCC2)nc2c1CCC2. The van der Waals surface area contributed by atoms with E-state index in [1.165, 1.54) is 62.6 Å². The van der Waals surface area contributed by atoms with Crippen molar-refractivity contribution in [3.8, 4) is 0 Å². The van der Waals surface area contributed by atoms with Crippen LogP contribution in [0.4, 0.5) is 0 Å². The maximum Gasteiger partial charge on any atom is 0.136 e. The minimum Gasteiger partial charge on any atom is -0.237 e. The smallest absolute Gasteiger partial charge is 0.136 e. The molecule has 0 atom stereocenters. The zero-order valence-corrected chi connectivity index (χ0v) is 11.7. The molecule has 0 saturated heterocycles. The summed E-state index contributed by atoms with van der Waals surface area (Å²) in [6, 6.07) is 0. The number of halogens is 1. The predicted octanol–water partition coefficient (Wildman–Crippen LogP) is 4.45. The zero-order chi connectivity index (χ0) is 12.4. The van der Waals surface area contributed by atoms with E-state index in [2.05, 4.69) is 4.98 Å². The quantitative estimate of drug-likeness (QED) is 0.701. The summed E-state index contributed by atoms with van der Waals surface area (Å²) in [4.78, 5) is 9.41. The second-order valence-electron chi connectivity index (χ2n) is 5.69. The fraction of sp³-hybridized carbons (Fsp3) is 0.733. The zero-order valence-electron chi connectivity index (χ0n) is 10.9. The van der Waals surface area contributed by atoms with Gasteiger partial charge in [-0.05, 0) is 32.1 Å². The van der Waals surface area contributed by atoms with E-state index in [0.717, 1.165) is 23.8 Å². The van der Waals surface area contributed by atoms with Gasteiger partial charge in [-0.1, -0.05) is 43.7 Å². The van der Waals surface area contributed by atoms with Gasteiger partial charge in [0.25, 0.3) is 0 Å². The van der Waals surface area contributed by atoms with Gasteiger partial charge in [0.1, 0.15) is 11.0 Å². The molecule has 0 aromatic carbocycles. The lowest BCUT2D eigenvalue weighted by molar-refractivity contribution is 0.441. The first-order chi connectivity index (χ1) is 8.84. The lowest BCUT2D eigenvalue weighted by atomic mass is 9.90. The second-order valence-corrected chi connectivity index (χ2v) is 6.05. The number of rotatable bonds is 1. The number of hydrogen-bond donors (Lipinski definition) is 0. The van der Waals surface area contributed by atoms with E-state index in [1.807, 2.05) is 0 Å². The molecule has 3 heteroatoms. The highest BCUT2D eigenvalue weighted by Crippen LogP contribution is 2.32. The molecule has 1 aromatic heterocycles. The molecule has 1 aromatic rings. The molecule has 0 radical (unpaired) electrons. The van der Waals surface area contributed by atoms with Crippen molar-refractivity contribution < 1.29 is 0 Å². The van der Waals surface area contributed by atoms with Crippen molar-refractivity contribution in [3.05, 3.63) is 22.2 Å². The first kappa shape index (κ1) is 12.4. The van der Waals surface area contributed by atoms with Gasteiger partial charge >= 0.3 is 0 Å². The van der Waals surface area contributed by atoms with Crippen LogP contribution in [0.5, 0.6) is 0 Å². The Labute approximate surface area is 114 Å². The summed E-state index contributed by atoms with van der Waals surface area (Å²) in [5.41, 5.74) is 2.44. The Morgan fingerprint density at radius 1 is 0.833 bits per heavy atom. The monoisotopic (exact) mass is 264 g/mol. The van der Waals surface area contributed by atoms with Gasteiger partial charge < -0.3 is 0 Å². The minimum absolute atomic E-state index is 0.550. The van der Waals surface area contributed by atoms with Crippen LogP contribution in [0.25, 0.3) is 0 Å². The Balaban J connectivity index is 1.84. The molecule has 3 rings (SSSR count).